The summed E-state index contributed by atoms with van der Waals surface area (Å²) >= 11 is 0. The van der Waals surface area contributed by atoms with Crippen molar-refractivity contribution in [3.05, 3.63) is 52.1 Å². The van der Waals surface area contributed by atoms with Crippen LogP contribution in [0.3, 0.4) is 0 Å². The molecule has 0 aliphatic heterocycles. The zero-order chi connectivity index (χ0) is 19.7. The molecular formula is C22H31N5O. The average molecular weight is 382 g/mol. The van der Waals surface area contributed by atoms with Gasteiger partial charge in [-0.2, -0.15) is 4.98 Å². The van der Waals surface area contributed by atoms with Crippen LogP contribution in [0.25, 0.3) is 5.69 Å². The van der Waals surface area contributed by atoms with Crippen LogP contribution in [0.4, 0.5) is 5.82 Å². The van der Waals surface area contributed by atoms with Gasteiger partial charge in [0.1, 0.15) is 5.82 Å². The molecule has 150 valence electrons. The van der Waals surface area contributed by atoms with Gasteiger partial charge >= 0.3 is 5.69 Å². The summed E-state index contributed by atoms with van der Waals surface area (Å²) in [6, 6.07) is 9.68. The number of likely N-dealkylation sites (N-methyl/N-ethyl adjacent to an activating group) is 1. The standard InChI is InChI=1S/C22H31N5O/c1-2-26(18-9-5-17(23)6-10-18)19-7-3-16-14-20(8-4-15(16)13-19)27-12-11-21(24)25-22(27)28/h4,8,11-12,14,17-19H,2-3,5-7,9-10,13,23H2,1H3,(H2,24,25,28). The number of hydrogen-bond donors (Lipinski definition) is 2. The lowest BCUT2D eigenvalue weighted by molar-refractivity contribution is 0.0970. The first-order valence-corrected chi connectivity index (χ1v) is 10.5. The number of aryl methyl sites for hydroxylation is 1. The molecule has 0 saturated heterocycles. The van der Waals surface area contributed by atoms with Crippen LogP contribution in [0.5, 0.6) is 0 Å². The summed E-state index contributed by atoms with van der Waals surface area (Å²) < 4.78 is 1.56. The Morgan fingerprint density at radius 1 is 1.11 bits per heavy atom. The second-order valence-corrected chi connectivity index (χ2v) is 8.25. The van der Waals surface area contributed by atoms with Crippen molar-refractivity contribution in [2.45, 2.75) is 70.0 Å². The summed E-state index contributed by atoms with van der Waals surface area (Å²) in [5, 5.41) is 0. The Kier molecular flexibility index (Phi) is 5.51. The van der Waals surface area contributed by atoms with Crippen molar-refractivity contribution in [3.8, 4) is 5.69 Å². The molecule has 2 aromatic rings. The Hall–Kier alpha value is -2.18. The molecule has 1 heterocycles. The average Bonchev–Trinajstić information content (AvgIpc) is 2.69. The van der Waals surface area contributed by atoms with E-state index in [1.165, 1.54) is 30.4 Å². The SMILES string of the molecule is CCN(C1CCC(N)CC1)C1CCc2cc(-n3ccc(N)nc3=O)ccc2C1. The monoisotopic (exact) mass is 381 g/mol. The highest BCUT2D eigenvalue weighted by Crippen LogP contribution is 2.31. The van der Waals surface area contributed by atoms with Crippen LogP contribution in [-0.2, 0) is 12.8 Å². The van der Waals surface area contributed by atoms with E-state index >= 15 is 0 Å². The lowest BCUT2D eigenvalue weighted by Gasteiger charge is -2.42. The summed E-state index contributed by atoms with van der Waals surface area (Å²) in [4.78, 5) is 18.7. The maximum Gasteiger partial charge on any atom is 0.354 e. The van der Waals surface area contributed by atoms with Crippen LogP contribution in [-0.4, -0.2) is 39.1 Å². The third-order valence-electron chi connectivity index (χ3n) is 6.54. The zero-order valence-electron chi connectivity index (χ0n) is 16.7. The zero-order valence-corrected chi connectivity index (χ0v) is 16.7. The van der Waals surface area contributed by atoms with Crippen molar-refractivity contribution >= 4 is 5.82 Å². The van der Waals surface area contributed by atoms with Crippen LogP contribution < -0.4 is 17.2 Å². The van der Waals surface area contributed by atoms with Gasteiger partial charge in [-0.25, -0.2) is 4.79 Å². The first-order chi connectivity index (χ1) is 13.5. The molecule has 6 nitrogen and oxygen atoms in total. The Labute approximate surface area is 166 Å². The number of aromatic nitrogens is 2. The molecule has 2 aliphatic rings. The third kappa shape index (κ3) is 3.84. The largest absolute Gasteiger partial charge is 0.383 e. The van der Waals surface area contributed by atoms with Crippen molar-refractivity contribution in [1.29, 1.82) is 0 Å². The Bertz CT molecular complexity index is 885. The van der Waals surface area contributed by atoms with Gasteiger partial charge in [0.2, 0.25) is 0 Å². The molecule has 1 aromatic heterocycles. The maximum atomic E-state index is 12.1. The van der Waals surface area contributed by atoms with Gasteiger partial charge in [-0.15, -0.1) is 0 Å². The lowest BCUT2D eigenvalue weighted by Crippen LogP contribution is -2.48. The summed E-state index contributed by atoms with van der Waals surface area (Å²) in [7, 11) is 0. The molecule has 1 fully saturated rings. The fourth-order valence-corrected chi connectivity index (χ4v) is 5.02. The van der Waals surface area contributed by atoms with Gasteiger partial charge in [-0.1, -0.05) is 13.0 Å². The smallest absolute Gasteiger partial charge is 0.354 e. The fraction of sp³-hybridized carbons (Fsp3) is 0.545. The number of nitrogens with two attached hydrogens (primary N) is 2. The van der Waals surface area contributed by atoms with E-state index in [0.717, 1.165) is 37.9 Å². The Balaban J connectivity index is 1.52. The van der Waals surface area contributed by atoms with Crippen LogP contribution in [0.2, 0.25) is 0 Å². The van der Waals surface area contributed by atoms with Gasteiger partial charge in [0.25, 0.3) is 0 Å². The van der Waals surface area contributed by atoms with E-state index in [0.29, 0.717) is 18.1 Å². The first-order valence-electron chi connectivity index (χ1n) is 10.5. The van der Waals surface area contributed by atoms with E-state index in [1.807, 2.05) is 6.07 Å². The molecule has 1 saturated carbocycles. The Morgan fingerprint density at radius 3 is 2.61 bits per heavy atom. The second-order valence-electron chi connectivity index (χ2n) is 8.25. The van der Waals surface area contributed by atoms with Crippen molar-refractivity contribution in [2.24, 2.45) is 5.73 Å². The van der Waals surface area contributed by atoms with Gasteiger partial charge in [0.15, 0.2) is 0 Å². The van der Waals surface area contributed by atoms with Crippen molar-refractivity contribution < 1.29 is 0 Å². The van der Waals surface area contributed by atoms with E-state index in [1.54, 1.807) is 16.8 Å². The highest BCUT2D eigenvalue weighted by molar-refractivity contribution is 5.43. The summed E-state index contributed by atoms with van der Waals surface area (Å²) in [6.45, 7) is 3.39. The minimum absolute atomic E-state index is 0.255. The molecule has 0 radical (unpaired) electrons. The number of fused-ring (bicyclic) bond motifs is 1. The molecule has 4 N–H and O–H groups in total. The number of nitrogen functional groups attached to an aromatic ring is 1. The summed E-state index contributed by atoms with van der Waals surface area (Å²) in [6.07, 6.45) is 9.76. The molecule has 4 rings (SSSR count). The molecular weight excluding hydrogens is 350 g/mol. The van der Waals surface area contributed by atoms with Gasteiger partial charge < -0.3 is 11.5 Å². The molecule has 0 spiro atoms. The topological polar surface area (TPSA) is 90.2 Å². The van der Waals surface area contributed by atoms with Crippen molar-refractivity contribution in [2.75, 3.05) is 12.3 Å². The first kappa shape index (κ1) is 19.2. The van der Waals surface area contributed by atoms with Gasteiger partial charge in [0.05, 0.1) is 5.69 Å². The van der Waals surface area contributed by atoms with Gasteiger partial charge in [0, 0.05) is 24.3 Å². The highest BCUT2D eigenvalue weighted by Gasteiger charge is 2.30. The van der Waals surface area contributed by atoms with Crippen molar-refractivity contribution in [1.82, 2.24) is 14.5 Å². The highest BCUT2D eigenvalue weighted by atomic mass is 16.1. The summed E-state index contributed by atoms with van der Waals surface area (Å²) in [5.74, 6) is 0.255. The normalized spacial score (nSPS) is 24.9. The van der Waals surface area contributed by atoms with E-state index in [-0.39, 0.29) is 11.5 Å². The molecule has 6 heteroatoms. The minimum Gasteiger partial charge on any atom is -0.383 e. The molecule has 0 amide bonds. The molecule has 1 atom stereocenters. The van der Waals surface area contributed by atoms with E-state index in [4.69, 9.17) is 11.5 Å². The van der Waals surface area contributed by atoms with Crippen LogP contribution in [0.1, 0.15) is 50.2 Å². The predicted molar refractivity (Wildman–Crippen MR) is 113 cm³/mol. The van der Waals surface area contributed by atoms with Gasteiger partial charge in [-0.3, -0.25) is 9.47 Å². The van der Waals surface area contributed by atoms with Gasteiger partial charge in [-0.05, 0) is 80.8 Å². The van der Waals surface area contributed by atoms with Crippen LogP contribution in [0.15, 0.2) is 35.3 Å². The van der Waals surface area contributed by atoms with E-state index < -0.39 is 0 Å². The number of benzene rings is 1. The Morgan fingerprint density at radius 2 is 1.89 bits per heavy atom. The lowest BCUT2D eigenvalue weighted by atomic mass is 9.84. The molecule has 28 heavy (non-hydrogen) atoms. The van der Waals surface area contributed by atoms with Crippen LogP contribution >= 0.6 is 0 Å². The van der Waals surface area contributed by atoms with Crippen LogP contribution in [0, 0.1) is 0 Å². The van der Waals surface area contributed by atoms with E-state index in [9.17, 15) is 4.79 Å². The third-order valence-corrected chi connectivity index (χ3v) is 6.54. The number of rotatable bonds is 4. The fourth-order valence-electron chi connectivity index (χ4n) is 5.02. The van der Waals surface area contributed by atoms with Crippen molar-refractivity contribution in [3.63, 3.8) is 0 Å². The quantitative estimate of drug-likeness (QED) is 0.848. The number of hydrogen-bond acceptors (Lipinski definition) is 5. The molecule has 1 unspecified atom stereocenters. The molecule has 2 aliphatic carbocycles. The maximum absolute atomic E-state index is 12.1. The van der Waals surface area contributed by atoms with E-state index in [2.05, 4.69) is 28.9 Å². The summed E-state index contributed by atoms with van der Waals surface area (Å²) in [5.41, 5.74) is 15.0. The number of nitrogens with zero attached hydrogens (tertiary/aromatic N) is 3. The second kappa shape index (κ2) is 8.05. The molecule has 0 bridgehead atoms. The predicted octanol–water partition coefficient (Wildman–Crippen LogP) is 2.26. The number of anilines is 1. The minimum atomic E-state index is -0.332. The molecule has 1 aromatic carbocycles.